The first-order valence-electron chi connectivity index (χ1n) is 8.07. The van der Waals surface area contributed by atoms with Crippen LogP contribution in [0.4, 0.5) is 0 Å². The molecule has 0 spiro atoms. The Kier molecular flexibility index (Phi) is 7.40. The Morgan fingerprint density at radius 2 is 1.30 bits per heavy atom. The van der Waals surface area contributed by atoms with Gasteiger partial charge in [-0.3, -0.25) is 0 Å². The maximum absolute atomic E-state index is 9.64. The van der Waals surface area contributed by atoms with E-state index in [1.165, 1.54) is 12.5 Å². The molecule has 0 heterocycles. The standard InChI is InChI=1S/C21H28O2/c1-5-18(12-11-17(4)22)21(15-9-8-10-16-21)19(6-2)13-14-20(23)7-3/h5-7,11-14,22-23H,1-3,8-10,15-16H2,4H3/b17-11+,18-12+,19-13+,20-14+. The van der Waals surface area contributed by atoms with Gasteiger partial charge in [-0.25, -0.2) is 0 Å². The van der Waals surface area contributed by atoms with Crippen LogP contribution in [0.1, 0.15) is 39.0 Å². The highest BCUT2D eigenvalue weighted by atomic mass is 16.3. The molecule has 1 rings (SSSR count). The van der Waals surface area contributed by atoms with E-state index in [4.69, 9.17) is 0 Å². The van der Waals surface area contributed by atoms with Gasteiger partial charge in [-0.15, -0.1) is 0 Å². The summed E-state index contributed by atoms with van der Waals surface area (Å²) >= 11 is 0. The molecule has 0 amide bonds. The number of hydrogen-bond donors (Lipinski definition) is 2. The van der Waals surface area contributed by atoms with Gasteiger partial charge >= 0.3 is 0 Å². The molecule has 1 aliphatic rings. The Bertz CT molecular complexity index is 561. The number of allylic oxidation sites excluding steroid dienone is 10. The molecule has 124 valence electrons. The molecule has 0 unspecified atom stereocenters. The van der Waals surface area contributed by atoms with E-state index in [1.54, 1.807) is 19.1 Å². The number of hydrogen-bond acceptors (Lipinski definition) is 2. The first kappa shape index (κ1) is 18.8. The normalized spacial score (nSPS) is 20.0. The summed E-state index contributed by atoms with van der Waals surface area (Å²) in [5, 5.41) is 19.1. The zero-order valence-corrected chi connectivity index (χ0v) is 14.1. The van der Waals surface area contributed by atoms with E-state index < -0.39 is 0 Å². The summed E-state index contributed by atoms with van der Waals surface area (Å²) in [5.41, 5.74) is 1.95. The van der Waals surface area contributed by atoms with Crippen LogP contribution >= 0.6 is 0 Å². The molecule has 0 aromatic carbocycles. The number of rotatable bonds is 7. The highest BCUT2D eigenvalue weighted by Gasteiger charge is 2.36. The second-order valence-corrected chi connectivity index (χ2v) is 5.90. The Hall–Kier alpha value is -2.22. The first-order chi connectivity index (χ1) is 11.0. The predicted molar refractivity (Wildman–Crippen MR) is 99.4 cm³/mol. The zero-order chi connectivity index (χ0) is 17.3. The molecule has 0 radical (unpaired) electrons. The third kappa shape index (κ3) is 4.88. The lowest BCUT2D eigenvalue weighted by molar-refractivity contribution is 0.300. The SMILES string of the molecule is C=C/C(O)=C\C=C(/C=C)C1(/C(C=C)=C/C=C(\C)O)CCCCC1. The van der Waals surface area contributed by atoms with Gasteiger partial charge in [0, 0.05) is 5.41 Å². The van der Waals surface area contributed by atoms with E-state index in [2.05, 4.69) is 19.7 Å². The molecule has 0 aromatic rings. The molecule has 0 atom stereocenters. The fourth-order valence-corrected chi connectivity index (χ4v) is 3.20. The number of aliphatic hydroxyl groups is 2. The summed E-state index contributed by atoms with van der Waals surface area (Å²) in [5.74, 6) is 0.397. The van der Waals surface area contributed by atoms with Crippen molar-refractivity contribution in [2.75, 3.05) is 0 Å². The lowest BCUT2D eigenvalue weighted by Gasteiger charge is -2.40. The van der Waals surface area contributed by atoms with Crippen molar-refractivity contribution in [3.63, 3.8) is 0 Å². The van der Waals surface area contributed by atoms with E-state index in [1.807, 2.05) is 24.3 Å². The zero-order valence-electron chi connectivity index (χ0n) is 14.1. The topological polar surface area (TPSA) is 40.5 Å². The molecule has 0 aliphatic heterocycles. The Morgan fingerprint density at radius 3 is 1.74 bits per heavy atom. The smallest absolute Gasteiger partial charge is 0.114 e. The van der Waals surface area contributed by atoms with Crippen LogP contribution in [0.2, 0.25) is 0 Å². The Labute approximate surface area is 140 Å². The third-order valence-corrected chi connectivity index (χ3v) is 4.40. The van der Waals surface area contributed by atoms with Crippen LogP contribution < -0.4 is 0 Å². The van der Waals surface area contributed by atoms with E-state index in [9.17, 15) is 10.2 Å². The summed E-state index contributed by atoms with van der Waals surface area (Å²) in [6.45, 7) is 13.1. The Balaban J connectivity index is 3.42. The fraction of sp³-hybridized carbons (Fsp3) is 0.333. The van der Waals surface area contributed by atoms with E-state index in [-0.39, 0.29) is 16.9 Å². The summed E-state index contributed by atoms with van der Waals surface area (Å²) in [6, 6.07) is 0. The highest BCUT2D eigenvalue weighted by Crippen LogP contribution is 2.49. The van der Waals surface area contributed by atoms with Crippen LogP contribution in [0.25, 0.3) is 0 Å². The molecule has 2 heteroatoms. The minimum atomic E-state index is -0.175. The van der Waals surface area contributed by atoms with E-state index >= 15 is 0 Å². The van der Waals surface area contributed by atoms with Gasteiger partial charge in [0.1, 0.15) is 5.76 Å². The molecule has 23 heavy (non-hydrogen) atoms. The molecule has 0 saturated heterocycles. The van der Waals surface area contributed by atoms with E-state index in [0.717, 1.165) is 36.8 Å². The molecule has 2 nitrogen and oxygen atoms in total. The lowest BCUT2D eigenvalue weighted by Crippen LogP contribution is -2.27. The molecular formula is C21H28O2. The van der Waals surface area contributed by atoms with Gasteiger partial charge in [0.25, 0.3) is 0 Å². The van der Waals surface area contributed by atoms with Crippen molar-refractivity contribution in [1.82, 2.24) is 0 Å². The largest absolute Gasteiger partial charge is 0.513 e. The predicted octanol–water partition coefficient (Wildman–Crippen LogP) is 6.25. The van der Waals surface area contributed by atoms with Crippen LogP contribution in [0, 0.1) is 5.41 Å². The summed E-state index contributed by atoms with van der Waals surface area (Å²) < 4.78 is 0. The highest BCUT2D eigenvalue weighted by molar-refractivity contribution is 5.44. The first-order valence-corrected chi connectivity index (χ1v) is 8.07. The van der Waals surface area contributed by atoms with Crippen LogP contribution in [0.3, 0.4) is 0 Å². The second kappa shape index (κ2) is 9.04. The average Bonchev–Trinajstić information content (AvgIpc) is 2.56. The quantitative estimate of drug-likeness (QED) is 0.431. The van der Waals surface area contributed by atoms with Crippen molar-refractivity contribution in [1.29, 1.82) is 0 Å². The molecular weight excluding hydrogens is 284 g/mol. The summed E-state index contributed by atoms with van der Waals surface area (Å²) in [6.07, 6.45) is 17.8. The maximum Gasteiger partial charge on any atom is 0.114 e. The molecule has 1 fully saturated rings. The van der Waals surface area contributed by atoms with Gasteiger partial charge in [-0.2, -0.15) is 0 Å². The van der Waals surface area contributed by atoms with Crippen LogP contribution in [-0.2, 0) is 0 Å². The van der Waals surface area contributed by atoms with Gasteiger partial charge in [-0.05, 0) is 49.1 Å². The molecule has 0 bridgehead atoms. The lowest BCUT2D eigenvalue weighted by atomic mass is 9.64. The third-order valence-electron chi connectivity index (χ3n) is 4.40. The van der Waals surface area contributed by atoms with Crippen molar-refractivity contribution in [3.05, 3.63) is 84.9 Å². The molecule has 1 saturated carbocycles. The van der Waals surface area contributed by atoms with Crippen molar-refractivity contribution in [2.45, 2.75) is 39.0 Å². The average molecular weight is 312 g/mol. The van der Waals surface area contributed by atoms with Gasteiger partial charge in [0.2, 0.25) is 0 Å². The maximum atomic E-state index is 9.64. The fourth-order valence-electron chi connectivity index (χ4n) is 3.20. The van der Waals surface area contributed by atoms with Crippen LogP contribution in [0.15, 0.2) is 84.9 Å². The summed E-state index contributed by atoms with van der Waals surface area (Å²) in [7, 11) is 0. The minimum Gasteiger partial charge on any atom is -0.513 e. The molecule has 1 aliphatic carbocycles. The second-order valence-electron chi connectivity index (χ2n) is 5.90. The van der Waals surface area contributed by atoms with Gasteiger partial charge in [0.15, 0.2) is 0 Å². The minimum absolute atomic E-state index is 0.130. The van der Waals surface area contributed by atoms with Gasteiger partial charge < -0.3 is 10.2 Å². The molecule has 0 aromatic heterocycles. The van der Waals surface area contributed by atoms with Gasteiger partial charge in [0.05, 0.1) is 5.76 Å². The Morgan fingerprint density at radius 1 is 0.783 bits per heavy atom. The molecule has 2 N–H and O–H groups in total. The van der Waals surface area contributed by atoms with Crippen LogP contribution in [-0.4, -0.2) is 10.2 Å². The van der Waals surface area contributed by atoms with Crippen molar-refractivity contribution in [2.24, 2.45) is 5.41 Å². The monoisotopic (exact) mass is 312 g/mol. The van der Waals surface area contributed by atoms with Crippen molar-refractivity contribution >= 4 is 0 Å². The summed E-state index contributed by atoms with van der Waals surface area (Å²) in [4.78, 5) is 0. The number of aliphatic hydroxyl groups excluding tert-OH is 2. The van der Waals surface area contributed by atoms with Gasteiger partial charge in [-0.1, -0.05) is 63.3 Å². The van der Waals surface area contributed by atoms with E-state index in [0.29, 0.717) is 0 Å². The van der Waals surface area contributed by atoms with Crippen LogP contribution in [0.5, 0.6) is 0 Å². The van der Waals surface area contributed by atoms with Crippen molar-refractivity contribution in [3.8, 4) is 0 Å². The van der Waals surface area contributed by atoms with Crippen molar-refractivity contribution < 1.29 is 10.2 Å².